The number of amides is 3. The second kappa shape index (κ2) is 16.1. The number of unbranched alkanes of at least 4 members (excludes halogenated alkanes) is 1. The zero-order valence-electron chi connectivity index (χ0n) is 20.0. The van der Waals surface area contributed by atoms with Gasteiger partial charge in [-0.15, -0.1) is 0 Å². The molecule has 5 unspecified atom stereocenters. The third-order valence-corrected chi connectivity index (χ3v) is 5.88. The van der Waals surface area contributed by atoms with E-state index in [0.29, 0.717) is 30.8 Å². The maximum Gasteiger partial charge on any atom is 0.326 e. The number of thioether (sulfide) groups is 1. The molecule has 0 fully saturated rings. The number of carboxylic acids is 1. The lowest BCUT2D eigenvalue weighted by Crippen LogP contribution is -2.58. The maximum absolute atomic E-state index is 13.1. The van der Waals surface area contributed by atoms with Crippen LogP contribution in [0.3, 0.4) is 0 Å². The molecule has 3 amide bonds. The third-order valence-electron chi connectivity index (χ3n) is 5.24. The van der Waals surface area contributed by atoms with Crippen molar-refractivity contribution in [2.45, 2.75) is 69.3 Å². The van der Waals surface area contributed by atoms with Gasteiger partial charge in [0.2, 0.25) is 17.7 Å². The number of carbonyl (C=O) groups is 4. The number of carboxylic acid groups (broad SMARTS) is 1. The van der Waals surface area contributed by atoms with Crippen LogP contribution in [-0.2, 0) is 25.6 Å². The summed E-state index contributed by atoms with van der Waals surface area (Å²) < 4.78 is 0. The fourth-order valence-electron chi connectivity index (χ4n) is 3.11. The molecule has 1 heterocycles. The van der Waals surface area contributed by atoms with Crippen LogP contribution in [0.5, 0.6) is 0 Å². The van der Waals surface area contributed by atoms with Gasteiger partial charge in [0.1, 0.15) is 24.2 Å². The Morgan fingerprint density at radius 3 is 2.23 bits per heavy atom. The SMILES string of the molecule is CSCCC(NC(=O)C(CCCCN)NC(=O)C(Cc1cnc[nH]1)NC(=O)C(N)C(C)O)C(=O)O. The molecule has 0 spiro atoms. The van der Waals surface area contributed by atoms with Crippen LogP contribution in [0, 0.1) is 0 Å². The highest BCUT2D eigenvalue weighted by atomic mass is 32.2. The molecule has 1 aromatic rings. The molecule has 1 rings (SSSR count). The van der Waals surface area contributed by atoms with E-state index in [-0.39, 0.29) is 19.3 Å². The van der Waals surface area contributed by atoms with E-state index in [9.17, 15) is 29.4 Å². The molecule has 14 heteroatoms. The number of aliphatic hydroxyl groups is 1. The summed E-state index contributed by atoms with van der Waals surface area (Å²) in [4.78, 5) is 56.8. The Morgan fingerprint density at radius 2 is 1.69 bits per heavy atom. The van der Waals surface area contributed by atoms with Crippen LogP contribution in [0.15, 0.2) is 12.5 Å². The fraction of sp³-hybridized carbons (Fsp3) is 0.667. The van der Waals surface area contributed by atoms with Crippen LogP contribution in [0.2, 0.25) is 0 Å². The fourth-order valence-corrected chi connectivity index (χ4v) is 3.58. The number of hydrogen-bond acceptors (Lipinski definition) is 9. The molecular formula is C21H37N7O6S. The lowest BCUT2D eigenvalue weighted by atomic mass is 10.0. The van der Waals surface area contributed by atoms with Crippen LogP contribution in [0.25, 0.3) is 0 Å². The first-order valence-corrected chi connectivity index (χ1v) is 12.7. The number of H-pyrrole nitrogens is 1. The lowest BCUT2D eigenvalue weighted by molar-refractivity contribution is -0.142. The van der Waals surface area contributed by atoms with E-state index in [4.69, 9.17) is 11.5 Å². The number of imidazole rings is 1. The summed E-state index contributed by atoms with van der Waals surface area (Å²) in [5.41, 5.74) is 11.8. The number of nitrogens with one attached hydrogen (secondary N) is 4. The van der Waals surface area contributed by atoms with Gasteiger partial charge in [-0.2, -0.15) is 11.8 Å². The van der Waals surface area contributed by atoms with Gasteiger partial charge in [-0.3, -0.25) is 14.4 Å². The molecule has 35 heavy (non-hydrogen) atoms. The number of carbonyl (C=O) groups excluding carboxylic acids is 3. The molecule has 0 aliphatic heterocycles. The molecule has 1 aromatic heterocycles. The van der Waals surface area contributed by atoms with Gasteiger partial charge in [0.15, 0.2) is 0 Å². The molecule has 0 aliphatic carbocycles. The first kappa shape index (κ1) is 30.4. The van der Waals surface area contributed by atoms with E-state index < -0.39 is 54.0 Å². The van der Waals surface area contributed by atoms with E-state index in [0.717, 1.165) is 0 Å². The van der Waals surface area contributed by atoms with Crippen molar-refractivity contribution in [1.82, 2.24) is 25.9 Å². The Morgan fingerprint density at radius 1 is 1.06 bits per heavy atom. The molecule has 0 saturated carbocycles. The molecule has 0 aliphatic rings. The van der Waals surface area contributed by atoms with E-state index in [1.165, 1.54) is 31.2 Å². The van der Waals surface area contributed by atoms with E-state index >= 15 is 0 Å². The van der Waals surface area contributed by atoms with Crippen molar-refractivity contribution in [3.05, 3.63) is 18.2 Å². The number of aromatic nitrogens is 2. The Kier molecular flexibility index (Phi) is 13.9. The van der Waals surface area contributed by atoms with Crippen LogP contribution in [0.1, 0.15) is 38.3 Å². The summed E-state index contributed by atoms with van der Waals surface area (Å²) in [6.07, 6.45) is 5.17. The van der Waals surface area contributed by atoms with Crippen LogP contribution in [-0.4, -0.2) is 92.7 Å². The van der Waals surface area contributed by atoms with Gasteiger partial charge in [0.25, 0.3) is 0 Å². The normalized spacial score (nSPS) is 15.3. The minimum absolute atomic E-state index is 0.0206. The second-order valence-electron chi connectivity index (χ2n) is 8.14. The topological polar surface area (TPSA) is 226 Å². The number of aromatic amines is 1. The van der Waals surface area contributed by atoms with Gasteiger partial charge in [0.05, 0.1) is 12.4 Å². The van der Waals surface area contributed by atoms with Gasteiger partial charge in [0, 0.05) is 18.3 Å². The number of aliphatic hydroxyl groups excluding tert-OH is 1. The lowest BCUT2D eigenvalue weighted by Gasteiger charge is -2.25. The molecule has 0 bridgehead atoms. The number of nitrogens with zero attached hydrogens (tertiary/aromatic N) is 1. The van der Waals surface area contributed by atoms with Crippen LogP contribution in [0.4, 0.5) is 0 Å². The molecule has 0 aromatic carbocycles. The highest BCUT2D eigenvalue weighted by Gasteiger charge is 2.31. The Bertz CT molecular complexity index is 808. The summed E-state index contributed by atoms with van der Waals surface area (Å²) in [6.45, 7) is 1.74. The molecular weight excluding hydrogens is 478 g/mol. The van der Waals surface area contributed by atoms with Crippen molar-refractivity contribution >= 4 is 35.5 Å². The largest absolute Gasteiger partial charge is 0.480 e. The number of nitrogens with two attached hydrogens (primary N) is 2. The average Bonchev–Trinajstić information content (AvgIpc) is 3.32. The number of aliphatic carboxylic acids is 1. The minimum atomic E-state index is -1.26. The molecule has 0 radical (unpaired) electrons. The molecule has 10 N–H and O–H groups in total. The van der Waals surface area contributed by atoms with Gasteiger partial charge in [-0.25, -0.2) is 9.78 Å². The maximum atomic E-state index is 13.1. The Labute approximate surface area is 208 Å². The van der Waals surface area contributed by atoms with E-state index in [1.54, 1.807) is 0 Å². The quantitative estimate of drug-likeness (QED) is 0.107. The van der Waals surface area contributed by atoms with Crippen molar-refractivity contribution in [3.8, 4) is 0 Å². The van der Waals surface area contributed by atoms with E-state index in [2.05, 4.69) is 25.9 Å². The predicted octanol–water partition coefficient (Wildman–Crippen LogP) is -1.92. The smallest absolute Gasteiger partial charge is 0.326 e. The van der Waals surface area contributed by atoms with Crippen molar-refractivity contribution < 1.29 is 29.4 Å². The van der Waals surface area contributed by atoms with E-state index in [1.807, 2.05) is 6.26 Å². The highest BCUT2D eigenvalue weighted by molar-refractivity contribution is 7.98. The van der Waals surface area contributed by atoms with Crippen molar-refractivity contribution in [2.24, 2.45) is 11.5 Å². The molecule has 5 atom stereocenters. The van der Waals surface area contributed by atoms with Gasteiger partial charge in [-0.05, 0) is 51.2 Å². The Balaban J connectivity index is 3.03. The summed E-state index contributed by atoms with van der Waals surface area (Å²) >= 11 is 1.45. The monoisotopic (exact) mass is 515 g/mol. The molecule has 198 valence electrons. The van der Waals surface area contributed by atoms with Gasteiger partial charge in [-0.1, -0.05) is 0 Å². The predicted molar refractivity (Wildman–Crippen MR) is 131 cm³/mol. The number of rotatable bonds is 17. The average molecular weight is 516 g/mol. The minimum Gasteiger partial charge on any atom is -0.480 e. The van der Waals surface area contributed by atoms with Gasteiger partial charge >= 0.3 is 5.97 Å². The highest BCUT2D eigenvalue weighted by Crippen LogP contribution is 2.07. The van der Waals surface area contributed by atoms with Crippen molar-refractivity contribution in [3.63, 3.8) is 0 Å². The molecule has 13 nitrogen and oxygen atoms in total. The van der Waals surface area contributed by atoms with Crippen molar-refractivity contribution in [2.75, 3.05) is 18.6 Å². The summed E-state index contributed by atoms with van der Waals surface area (Å²) in [7, 11) is 0. The summed E-state index contributed by atoms with van der Waals surface area (Å²) in [5.74, 6) is -2.70. The first-order valence-electron chi connectivity index (χ1n) is 11.3. The van der Waals surface area contributed by atoms with Crippen LogP contribution >= 0.6 is 11.8 Å². The van der Waals surface area contributed by atoms with Crippen molar-refractivity contribution in [1.29, 1.82) is 0 Å². The Hall–Kier alpha value is -2.68. The zero-order chi connectivity index (χ0) is 26.4. The molecule has 0 saturated heterocycles. The van der Waals surface area contributed by atoms with Gasteiger partial charge < -0.3 is 42.6 Å². The second-order valence-corrected chi connectivity index (χ2v) is 9.12. The van der Waals surface area contributed by atoms with Crippen LogP contribution < -0.4 is 27.4 Å². The summed E-state index contributed by atoms with van der Waals surface area (Å²) in [5, 5.41) is 26.7. The first-order chi connectivity index (χ1) is 16.6. The zero-order valence-corrected chi connectivity index (χ0v) is 20.8. The number of hydrogen-bond donors (Lipinski definition) is 8. The standard InChI is InChI=1S/C21H37N7O6S/c1-12(29)17(23)20(32)28-16(9-13-10-24-11-25-13)19(31)26-14(5-3-4-7-22)18(30)27-15(21(33)34)6-8-35-2/h10-12,14-17,29H,3-9,22-23H2,1-2H3,(H,24,25)(H,26,31)(H,27,30)(H,28,32)(H,33,34). The third kappa shape index (κ3) is 11.1. The summed E-state index contributed by atoms with van der Waals surface area (Å²) in [6, 6.07) is -4.54.